The number of rotatable bonds is 10. The van der Waals surface area contributed by atoms with Gasteiger partial charge in [-0.2, -0.15) is 0 Å². The fraction of sp³-hybridized carbons (Fsp3) is 0.333. The van der Waals surface area contributed by atoms with Crippen LogP contribution in [0.4, 0.5) is 5.69 Å². The van der Waals surface area contributed by atoms with Gasteiger partial charge < -0.3 is 9.88 Å². The second-order valence-corrected chi connectivity index (χ2v) is 8.03. The Morgan fingerprint density at radius 1 is 0.931 bits per heavy atom. The van der Waals surface area contributed by atoms with Crippen LogP contribution in [0.2, 0.25) is 0 Å². The van der Waals surface area contributed by atoms with Gasteiger partial charge in [0.15, 0.2) is 0 Å². The van der Waals surface area contributed by atoms with Gasteiger partial charge in [0.25, 0.3) is 0 Å². The zero-order valence-corrected chi connectivity index (χ0v) is 18.2. The zero-order chi connectivity index (χ0) is 20.6. The maximum atomic E-state index is 4.00. The Bertz CT molecular complexity index is 960. The van der Waals surface area contributed by atoms with Crippen molar-refractivity contribution in [2.24, 2.45) is 0 Å². The van der Waals surface area contributed by atoms with E-state index in [1.165, 1.54) is 64.7 Å². The normalized spacial score (nSPS) is 11.8. The van der Waals surface area contributed by atoms with E-state index in [0.717, 1.165) is 13.0 Å². The van der Waals surface area contributed by atoms with Gasteiger partial charge in [-0.1, -0.05) is 48.8 Å². The lowest BCUT2D eigenvalue weighted by Gasteiger charge is -2.26. The number of hydrogen-bond donors (Lipinski definition) is 1. The van der Waals surface area contributed by atoms with Crippen LogP contribution < -0.4 is 4.90 Å². The summed E-state index contributed by atoms with van der Waals surface area (Å²) in [6, 6.07) is 17.7. The second kappa shape index (κ2) is 10.2. The van der Waals surface area contributed by atoms with E-state index < -0.39 is 0 Å². The quantitative estimate of drug-likeness (QED) is 0.275. The summed E-state index contributed by atoms with van der Waals surface area (Å²) in [6.07, 6.45) is 10.4. The van der Waals surface area contributed by atoms with E-state index in [0.29, 0.717) is 0 Å². The third-order valence-electron chi connectivity index (χ3n) is 5.65. The van der Waals surface area contributed by atoms with Gasteiger partial charge in [0, 0.05) is 29.6 Å². The predicted octanol–water partition coefficient (Wildman–Crippen LogP) is 8.09. The predicted molar refractivity (Wildman–Crippen MR) is 128 cm³/mol. The molecule has 3 aromatic rings. The lowest BCUT2D eigenvalue weighted by molar-refractivity contribution is 0.636. The highest BCUT2D eigenvalue weighted by molar-refractivity contribution is 5.85. The summed E-state index contributed by atoms with van der Waals surface area (Å²) in [6.45, 7) is 11.5. The van der Waals surface area contributed by atoms with Crippen molar-refractivity contribution in [3.05, 3.63) is 78.7 Å². The number of aromatic amines is 1. The number of allylic oxidation sites excluding steroid dienone is 3. The summed E-state index contributed by atoms with van der Waals surface area (Å²) in [7, 11) is 0. The Morgan fingerprint density at radius 2 is 1.66 bits per heavy atom. The van der Waals surface area contributed by atoms with Crippen molar-refractivity contribution in [3.63, 3.8) is 0 Å². The Morgan fingerprint density at radius 3 is 2.38 bits per heavy atom. The maximum absolute atomic E-state index is 4.00. The Kier molecular flexibility index (Phi) is 7.35. The van der Waals surface area contributed by atoms with Crippen LogP contribution >= 0.6 is 0 Å². The Hall–Kier alpha value is -2.74. The molecule has 0 aliphatic heterocycles. The summed E-state index contributed by atoms with van der Waals surface area (Å²) in [5, 5.41) is 1.25. The lowest BCUT2D eigenvalue weighted by atomic mass is 10.0. The third-order valence-corrected chi connectivity index (χ3v) is 5.65. The standard InChI is InChI=1S/C27H34N2/c1-5-22(4)29(19-9-7-6-8-10-21(2)3)26-15-13-23(14-16-26)25-12-11-24-17-18-28-27(24)20-25/h5,11-18,20,28H,2,6-10,19H2,1,3-4H3/b22-5-. The van der Waals surface area contributed by atoms with Crippen molar-refractivity contribution in [2.45, 2.75) is 52.9 Å². The molecule has 0 amide bonds. The van der Waals surface area contributed by atoms with E-state index in [2.05, 4.69) is 91.8 Å². The number of benzene rings is 2. The smallest absolute Gasteiger partial charge is 0.0460 e. The highest BCUT2D eigenvalue weighted by Crippen LogP contribution is 2.27. The van der Waals surface area contributed by atoms with Crippen molar-refractivity contribution >= 4 is 16.6 Å². The monoisotopic (exact) mass is 386 g/mol. The maximum Gasteiger partial charge on any atom is 0.0460 e. The van der Waals surface area contributed by atoms with Crippen molar-refractivity contribution < 1.29 is 0 Å². The fourth-order valence-corrected chi connectivity index (χ4v) is 3.78. The topological polar surface area (TPSA) is 19.0 Å². The first-order valence-electron chi connectivity index (χ1n) is 10.8. The molecule has 0 atom stereocenters. The highest BCUT2D eigenvalue weighted by atomic mass is 15.1. The fourth-order valence-electron chi connectivity index (χ4n) is 3.78. The van der Waals surface area contributed by atoms with Gasteiger partial charge in [0.05, 0.1) is 0 Å². The number of hydrogen-bond acceptors (Lipinski definition) is 1. The van der Waals surface area contributed by atoms with Gasteiger partial charge in [-0.05, 0) is 80.8 Å². The molecule has 3 rings (SSSR count). The molecule has 2 heteroatoms. The highest BCUT2D eigenvalue weighted by Gasteiger charge is 2.09. The molecule has 0 fully saturated rings. The SMILES string of the molecule is C=C(C)CCCCCCN(/C(C)=C\C)c1ccc(-c2ccc3cc[nH]c3c2)cc1. The second-order valence-electron chi connectivity index (χ2n) is 8.03. The van der Waals surface area contributed by atoms with Gasteiger partial charge in [-0.3, -0.25) is 0 Å². The van der Waals surface area contributed by atoms with Crippen molar-refractivity contribution in [3.8, 4) is 11.1 Å². The summed E-state index contributed by atoms with van der Waals surface area (Å²) in [4.78, 5) is 5.75. The summed E-state index contributed by atoms with van der Waals surface area (Å²) in [5.41, 5.74) is 7.57. The van der Waals surface area contributed by atoms with Gasteiger partial charge in [0.2, 0.25) is 0 Å². The largest absolute Gasteiger partial charge is 0.361 e. The molecule has 152 valence electrons. The number of unbranched alkanes of at least 4 members (excludes halogenated alkanes) is 3. The molecule has 1 heterocycles. The number of fused-ring (bicyclic) bond motifs is 1. The molecular formula is C27H34N2. The van der Waals surface area contributed by atoms with Crippen molar-refractivity contribution in [2.75, 3.05) is 11.4 Å². The molecule has 2 aromatic carbocycles. The average molecular weight is 387 g/mol. The van der Waals surface area contributed by atoms with Crippen LogP contribution in [0.5, 0.6) is 0 Å². The molecule has 2 nitrogen and oxygen atoms in total. The number of aromatic nitrogens is 1. The van der Waals surface area contributed by atoms with Crippen molar-refractivity contribution in [1.29, 1.82) is 0 Å². The van der Waals surface area contributed by atoms with E-state index in [1.807, 2.05) is 6.20 Å². The van der Waals surface area contributed by atoms with Gasteiger partial charge >= 0.3 is 0 Å². The first-order chi connectivity index (χ1) is 14.1. The molecule has 0 saturated heterocycles. The van der Waals surface area contributed by atoms with Crippen molar-refractivity contribution in [1.82, 2.24) is 4.98 Å². The van der Waals surface area contributed by atoms with E-state index in [1.54, 1.807) is 0 Å². The third kappa shape index (κ3) is 5.63. The molecule has 0 radical (unpaired) electrons. The Labute approximate surface area is 176 Å². The first kappa shape index (κ1) is 21.0. The minimum atomic E-state index is 1.07. The molecule has 29 heavy (non-hydrogen) atoms. The van der Waals surface area contributed by atoms with Crippen LogP contribution in [0.25, 0.3) is 22.0 Å². The number of anilines is 1. The molecule has 0 saturated carbocycles. The van der Waals surface area contributed by atoms with Crippen LogP contribution in [0.1, 0.15) is 52.9 Å². The Balaban J connectivity index is 1.66. The van der Waals surface area contributed by atoms with Crippen LogP contribution in [0, 0.1) is 0 Å². The van der Waals surface area contributed by atoms with E-state index in [4.69, 9.17) is 0 Å². The van der Waals surface area contributed by atoms with Crippen LogP contribution in [-0.2, 0) is 0 Å². The minimum absolute atomic E-state index is 1.07. The van der Waals surface area contributed by atoms with Gasteiger partial charge in [0.1, 0.15) is 0 Å². The van der Waals surface area contributed by atoms with E-state index >= 15 is 0 Å². The zero-order valence-electron chi connectivity index (χ0n) is 18.2. The molecule has 1 N–H and O–H groups in total. The summed E-state index contributed by atoms with van der Waals surface area (Å²) in [5.74, 6) is 0. The first-order valence-corrected chi connectivity index (χ1v) is 10.8. The summed E-state index contributed by atoms with van der Waals surface area (Å²) < 4.78 is 0. The molecule has 1 aromatic heterocycles. The average Bonchev–Trinajstić information content (AvgIpc) is 3.20. The lowest BCUT2D eigenvalue weighted by Crippen LogP contribution is -2.22. The molecular weight excluding hydrogens is 352 g/mol. The molecule has 0 bridgehead atoms. The van der Waals surface area contributed by atoms with Crippen LogP contribution in [0.3, 0.4) is 0 Å². The van der Waals surface area contributed by atoms with E-state index in [9.17, 15) is 0 Å². The number of H-pyrrole nitrogens is 1. The van der Waals surface area contributed by atoms with Crippen LogP contribution in [-0.4, -0.2) is 11.5 Å². The molecule has 0 aliphatic rings. The number of nitrogens with one attached hydrogen (secondary N) is 1. The minimum Gasteiger partial charge on any atom is -0.361 e. The van der Waals surface area contributed by atoms with Crippen LogP contribution in [0.15, 0.2) is 78.7 Å². The van der Waals surface area contributed by atoms with Gasteiger partial charge in [-0.25, -0.2) is 0 Å². The molecule has 0 unspecified atom stereocenters. The van der Waals surface area contributed by atoms with E-state index in [-0.39, 0.29) is 0 Å². The van der Waals surface area contributed by atoms with Gasteiger partial charge in [-0.15, -0.1) is 6.58 Å². The summed E-state index contributed by atoms with van der Waals surface area (Å²) >= 11 is 0. The molecule has 0 aliphatic carbocycles. The molecule has 0 spiro atoms. The number of nitrogens with zero attached hydrogens (tertiary/aromatic N) is 1.